The predicted molar refractivity (Wildman–Crippen MR) is 63.9 cm³/mol. The fraction of sp³-hybridized carbons (Fsp3) is 0.0833. The van der Waals surface area contributed by atoms with Gasteiger partial charge >= 0.3 is 35.7 Å². The van der Waals surface area contributed by atoms with Gasteiger partial charge in [0.05, 0.1) is 17.1 Å². The van der Waals surface area contributed by atoms with Gasteiger partial charge in [-0.1, -0.05) is 6.07 Å². The minimum Gasteiger partial charge on any atom is -0.545 e. The van der Waals surface area contributed by atoms with E-state index in [1.807, 2.05) is 0 Å². The molecular weight excluding hydrogens is 314 g/mol. The standard InChI is InChI=1S/C12H8F3N3O3.Na/c13-12(14,15)6-2-1-3-7(4-6)17-11-16-5-8(10(20)21)9(19)18-11;/h1-5H,(H,20,21)(H2,16,17,18,19);/q;+1/p-1. The Bertz CT molecular complexity index is 746. The number of alkyl halides is 3. The minimum atomic E-state index is -4.50. The van der Waals surface area contributed by atoms with E-state index >= 15 is 0 Å². The quantitative estimate of drug-likeness (QED) is 0.631. The van der Waals surface area contributed by atoms with Crippen LogP contribution in [-0.2, 0) is 6.18 Å². The van der Waals surface area contributed by atoms with E-state index in [1.165, 1.54) is 12.1 Å². The number of rotatable bonds is 3. The summed E-state index contributed by atoms with van der Waals surface area (Å²) in [6.45, 7) is 0. The van der Waals surface area contributed by atoms with E-state index in [9.17, 15) is 27.9 Å². The van der Waals surface area contributed by atoms with Gasteiger partial charge in [-0.25, -0.2) is 4.98 Å². The van der Waals surface area contributed by atoms with Crippen LogP contribution in [0.3, 0.4) is 0 Å². The van der Waals surface area contributed by atoms with Crippen LogP contribution in [0.4, 0.5) is 24.8 Å². The van der Waals surface area contributed by atoms with E-state index in [0.717, 1.165) is 18.3 Å². The van der Waals surface area contributed by atoms with Gasteiger partial charge in [0.25, 0.3) is 5.56 Å². The van der Waals surface area contributed by atoms with E-state index in [2.05, 4.69) is 15.3 Å². The van der Waals surface area contributed by atoms with Crippen LogP contribution in [0.5, 0.6) is 0 Å². The van der Waals surface area contributed by atoms with Crippen LogP contribution in [0.25, 0.3) is 0 Å². The second-order valence-electron chi connectivity index (χ2n) is 3.97. The Morgan fingerprint density at radius 1 is 1.32 bits per heavy atom. The van der Waals surface area contributed by atoms with Crippen LogP contribution in [-0.4, -0.2) is 15.9 Å². The van der Waals surface area contributed by atoms with E-state index in [0.29, 0.717) is 0 Å². The van der Waals surface area contributed by atoms with Gasteiger partial charge in [-0.05, 0) is 18.2 Å². The van der Waals surface area contributed by atoms with Gasteiger partial charge in [0.1, 0.15) is 0 Å². The molecule has 10 heteroatoms. The third-order valence-electron chi connectivity index (χ3n) is 2.47. The third-order valence-corrected chi connectivity index (χ3v) is 2.47. The summed E-state index contributed by atoms with van der Waals surface area (Å²) in [7, 11) is 0. The molecule has 0 fully saturated rings. The van der Waals surface area contributed by atoms with Crippen molar-refractivity contribution >= 4 is 17.6 Å². The second-order valence-corrected chi connectivity index (χ2v) is 3.97. The molecule has 1 aromatic carbocycles. The van der Waals surface area contributed by atoms with Crippen molar-refractivity contribution in [3.05, 3.63) is 51.9 Å². The fourth-order valence-electron chi connectivity index (χ4n) is 1.51. The molecule has 110 valence electrons. The maximum atomic E-state index is 12.5. The molecule has 0 spiro atoms. The Morgan fingerprint density at radius 3 is 2.55 bits per heavy atom. The smallest absolute Gasteiger partial charge is 0.545 e. The van der Waals surface area contributed by atoms with Crippen molar-refractivity contribution in [1.29, 1.82) is 0 Å². The van der Waals surface area contributed by atoms with Crippen molar-refractivity contribution in [2.45, 2.75) is 6.18 Å². The van der Waals surface area contributed by atoms with Gasteiger partial charge in [0.2, 0.25) is 5.95 Å². The molecule has 0 radical (unpaired) electrons. The molecule has 6 nitrogen and oxygen atoms in total. The van der Waals surface area contributed by atoms with Crippen LogP contribution in [0.2, 0.25) is 0 Å². The van der Waals surface area contributed by atoms with E-state index < -0.39 is 28.8 Å². The number of aromatic amines is 1. The van der Waals surface area contributed by atoms with E-state index in [1.54, 1.807) is 0 Å². The molecule has 0 bridgehead atoms. The van der Waals surface area contributed by atoms with Crippen LogP contribution >= 0.6 is 0 Å². The van der Waals surface area contributed by atoms with E-state index in [-0.39, 0.29) is 41.2 Å². The molecule has 1 heterocycles. The first-order valence-corrected chi connectivity index (χ1v) is 5.52. The molecule has 1 aromatic heterocycles. The molecule has 0 saturated heterocycles. The summed E-state index contributed by atoms with van der Waals surface area (Å²) in [6, 6.07) is 4.23. The molecule has 0 unspecified atom stereocenters. The SMILES string of the molecule is O=C([O-])c1cnc(Nc2cccc(C(F)(F)F)c2)[nH]c1=O.[Na+]. The van der Waals surface area contributed by atoms with Crippen molar-refractivity contribution < 1.29 is 52.6 Å². The molecule has 0 aliphatic carbocycles. The van der Waals surface area contributed by atoms with Crippen molar-refractivity contribution in [2.75, 3.05) is 5.32 Å². The number of hydrogen-bond donors (Lipinski definition) is 2. The largest absolute Gasteiger partial charge is 1.00 e. The van der Waals surface area contributed by atoms with Crippen molar-refractivity contribution in [2.24, 2.45) is 0 Å². The Balaban J connectivity index is 0.00000242. The topological polar surface area (TPSA) is 97.9 Å². The predicted octanol–water partition coefficient (Wildman–Crippen LogP) is -2.10. The number of nitrogens with zero attached hydrogens (tertiary/aromatic N) is 1. The Kier molecular flexibility index (Phi) is 5.75. The summed E-state index contributed by atoms with van der Waals surface area (Å²) >= 11 is 0. The monoisotopic (exact) mass is 321 g/mol. The molecule has 0 amide bonds. The second kappa shape index (κ2) is 6.95. The van der Waals surface area contributed by atoms with E-state index in [4.69, 9.17) is 0 Å². The number of aromatic nitrogens is 2. The Morgan fingerprint density at radius 2 is 2.00 bits per heavy atom. The summed E-state index contributed by atoms with van der Waals surface area (Å²) in [5.74, 6) is -1.89. The van der Waals surface area contributed by atoms with Gasteiger partial charge in [-0.15, -0.1) is 0 Å². The number of carbonyl (C=O) groups excluding carboxylic acids is 1. The van der Waals surface area contributed by atoms with Crippen molar-refractivity contribution in [3.63, 3.8) is 0 Å². The summed E-state index contributed by atoms with van der Waals surface area (Å²) in [5.41, 5.74) is -2.49. The molecule has 0 aliphatic heterocycles. The molecule has 2 N–H and O–H groups in total. The Labute approximate surface area is 143 Å². The molecule has 2 aromatic rings. The number of hydrogen-bond acceptors (Lipinski definition) is 5. The first-order chi connectivity index (χ1) is 9.77. The maximum absolute atomic E-state index is 12.5. The molecule has 22 heavy (non-hydrogen) atoms. The molecule has 0 aliphatic rings. The summed E-state index contributed by atoms with van der Waals surface area (Å²) in [5, 5.41) is 13.0. The minimum absolute atomic E-state index is 0. The maximum Gasteiger partial charge on any atom is 1.00 e. The van der Waals surface area contributed by atoms with Crippen molar-refractivity contribution in [3.8, 4) is 0 Å². The number of nitrogens with one attached hydrogen (secondary N) is 2. The van der Waals surface area contributed by atoms with Crippen molar-refractivity contribution in [1.82, 2.24) is 9.97 Å². The Hall–Kier alpha value is -1.84. The zero-order valence-corrected chi connectivity index (χ0v) is 13.2. The zero-order valence-electron chi connectivity index (χ0n) is 11.2. The molecule has 0 saturated carbocycles. The zero-order chi connectivity index (χ0) is 15.6. The number of carbonyl (C=O) groups is 1. The van der Waals surface area contributed by atoms with Gasteiger partial charge in [0.15, 0.2) is 0 Å². The number of halogens is 3. The summed E-state index contributed by atoms with van der Waals surface area (Å²) < 4.78 is 37.6. The van der Waals surface area contributed by atoms with Gasteiger partial charge in [-0.3, -0.25) is 9.78 Å². The number of aromatic carboxylic acids is 1. The van der Waals surface area contributed by atoms with Crippen LogP contribution in [0.15, 0.2) is 35.3 Å². The van der Waals surface area contributed by atoms with Crippen LogP contribution < -0.4 is 45.5 Å². The first kappa shape index (κ1) is 18.2. The number of H-pyrrole nitrogens is 1. The number of carboxylic acid groups (broad SMARTS) is 1. The number of anilines is 2. The van der Waals surface area contributed by atoms with Crippen LogP contribution in [0, 0.1) is 0 Å². The normalized spacial score (nSPS) is 10.7. The summed E-state index contributed by atoms with van der Waals surface area (Å²) in [4.78, 5) is 27.6. The first-order valence-electron chi connectivity index (χ1n) is 5.52. The van der Waals surface area contributed by atoms with Crippen LogP contribution in [0.1, 0.15) is 15.9 Å². The molecule has 0 atom stereocenters. The fourth-order valence-corrected chi connectivity index (χ4v) is 1.51. The number of benzene rings is 1. The molecule has 2 rings (SSSR count). The molecular formula is C12H7F3N3NaO3. The third kappa shape index (κ3) is 4.33. The van der Waals surface area contributed by atoms with Gasteiger partial charge < -0.3 is 15.2 Å². The summed E-state index contributed by atoms with van der Waals surface area (Å²) in [6.07, 6.45) is -3.75. The van der Waals surface area contributed by atoms with Gasteiger partial charge in [-0.2, -0.15) is 13.2 Å². The average Bonchev–Trinajstić information content (AvgIpc) is 2.37. The number of carboxylic acids is 1. The van der Waals surface area contributed by atoms with Gasteiger partial charge in [0, 0.05) is 11.9 Å². The average molecular weight is 321 g/mol.